The number of hydrogen-bond donors (Lipinski definition) is 1. The van der Waals surface area contributed by atoms with E-state index in [-0.39, 0.29) is 6.04 Å². The number of nitrogens with one attached hydrogen (secondary N) is 1. The van der Waals surface area contributed by atoms with Crippen molar-refractivity contribution in [2.75, 3.05) is 32.8 Å². The molecule has 1 unspecified atom stereocenters. The van der Waals surface area contributed by atoms with Crippen LogP contribution < -0.4 is 5.32 Å². The first-order chi connectivity index (χ1) is 8.86. The third-order valence-electron chi connectivity index (χ3n) is 2.94. The molecule has 1 fully saturated rings. The molecule has 1 saturated heterocycles. The second-order valence-electron chi connectivity index (χ2n) is 4.45. The predicted octanol–water partition coefficient (Wildman–Crippen LogP) is 1.11. The molecule has 0 aromatic carbocycles. The van der Waals surface area contributed by atoms with Crippen molar-refractivity contribution in [3.8, 4) is 0 Å². The number of ether oxygens (including phenoxy) is 1. The van der Waals surface area contributed by atoms with Gasteiger partial charge in [0.25, 0.3) is 0 Å². The average Bonchev–Trinajstić information content (AvgIpc) is 2.38. The number of carbonyl (C=O) groups is 1. The van der Waals surface area contributed by atoms with Gasteiger partial charge in [0, 0.05) is 25.7 Å². The topological polar surface area (TPSA) is 41.6 Å². The summed E-state index contributed by atoms with van der Waals surface area (Å²) >= 11 is 0. The molecule has 19 heavy (non-hydrogen) atoms. The lowest BCUT2D eigenvalue weighted by Crippen LogP contribution is -2.53. The molecule has 0 radical (unpaired) electrons. The Hall–Kier alpha value is -0.890. The molecule has 4 nitrogen and oxygen atoms in total. The molecule has 1 aliphatic heterocycles. The van der Waals surface area contributed by atoms with Crippen molar-refractivity contribution in [3.63, 3.8) is 0 Å². The Morgan fingerprint density at radius 3 is 2.79 bits per heavy atom. The first-order valence-corrected chi connectivity index (χ1v) is 6.11. The van der Waals surface area contributed by atoms with Crippen LogP contribution in [0, 0.1) is 0 Å². The monoisotopic (exact) mass is 286 g/mol. The van der Waals surface area contributed by atoms with Crippen LogP contribution in [0.2, 0.25) is 0 Å². The summed E-state index contributed by atoms with van der Waals surface area (Å²) in [4.78, 5) is 13.1. The SMILES string of the molecule is CCC1CN(C(=O)COCC(F)(F)C(F)F)CCN1. The number of amides is 1. The predicted molar refractivity (Wildman–Crippen MR) is 60.4 cm³/mol. The van der Waals surface area contributed by atoms with Crippen LogP contribution in [0.5, 0.6) is 0 Å². The number of rotatable bonds is 6. The minimum atomic E-state index is -4.21. The smallest absolute Gasteiger partial charge is 0.330 e. The Bertz CT molecular complexity index is 302. The highest BCUT2D eigenvalue weighted by Crippen LogP contribution is 2.22. The maximum atomic E-state index is 12.5. The van der Waals surface area contributed by atoms with E-state index in [1.807, 2.05) is 6.92 Å². The van der Waals surface area contributed by atoms with Crippen LogP contribution in [0.4, 0.5) is 17.6 Å². The largest absolute Gasteiger partial charge is 0.365 e. The Balaban J connectivity index is 2.31. The van der Waals surface area contributed by atoms with Crippen molar-refractivity contribution in [1.29, 1.82) is 0 Å². The summed E-state index contributed by atoms with van der Waals surface area (Å²) in [5, 5.41) is 3.20. The van der Waals surface area contributed by atoms with Crippen molar-refractivity contribution in [1.82, 2.24) is 10.2 Å². The van der Waals surface area contributed by atoms with Gasteiger partial charge in [-0.2, -0.15) is 8.78 Å². The third-order valence-corrected chi connectivity index (χ3v) is 2.94. The second kappa shape index (κ2) is 7.04. The fraction of sp³-hybridized carbons (Fsp3) is 0.909. The standard InChI is InChI=1S/C11H18F4N2O2/c1-2-8-5-17(4-3-16-8)9(18)6-19-7-11(14,15)10(12)13/h8,10,16H,2-7H2,1H3. The van der Waals surface area contributed by atoms with E-state index in [0.717, 1.165) is 6.42 Å². The van der Waals surface area contributed by atoms with E-state index >= 15 is 0 Å². The van der Waals surface area contributed by atoms with Crippen LogP contribution in [0.15, 0.2) is 0 Å². The number of halogens is 4. The summed E-state index contributed by atoms with van der Waals surface area (Å²) < 4.78 is 53.2. The maximum absolute atomic E-state index is 12.5. The van der Waals surface area contributed by atoms with Gasteiger partial charge in [0.05, 0.1) is 0 Å². The van der Waals surface area contributed by atoms with Crippen molar-refractivity contribution in [2.24, 2.45) is 0 Å². The Labute approximate surface area is 109 Å². The van der Waals surface area contributed by atoms with E-state index in [2.05, 4.69) is 10.1 Å². The van der Waals surface area contributed by atoms with E-state index < -0.39 is 31.5 Å². The van der Waals surface area contributed by atoms with Crippen LogP contribution in [0.25, 0.3) is 0 Å². The highest BCUT2D eigenvalue weighted by Gasteiger charge is 2.41. The molecule has 0 saturated carbocycles. The molecule has 1 amide bonds. The lowest BCUT2D eigenvalue weighted by molar-refractivity contribution is -0.171. The van der Waals surface area contributed by atoms with Crippen molar-refractivity contribution >= 4 is 5.91 Å². The molecule has 1 atom stereocenters. The van der Waals surface area contributed by atoms with Gasteiger partial charge in [-0.1, -0.05) is 6.92 Å². The number of hydrogen-bond acceptors (Lipinski definition) is 3. The Morgan fingerprint density at radius 1 is 1.53 bits per heavy atom. The molecule has 112 valence electrons. The molecule has 0 bridgehead atoms. The molecule has 0 aromatic heterocycles. The Morgan fingerprint density at radius 2 is 2.21 bits per heavy atom. The number of carbonyl (C=O) groups excluding carboxylic acids is 1. The number of piperazine rings is 1. The summed E-state index contributed by atoms with van der Waals surface area (Å²) in [6.45, 7) is 1.48. The second-order valence-corrected chi connectivity index (χ2v) is 4.45. The van der Waals surface area contributed by atoms with Gasteiger partial charge < -0.3 is 15.0 Å². The van der Waals surface area contributed by atoms with E-state index in [1.54, 1.807) is 0 Å². The van der Waals surface area contributed by atoms with Crippen LogP contribution in [0.1, 0.15) is 13.3 Å². The Kier molecular flexibility index (Phi) is 5.99. The minimum absolute atomic E-state index is 0.167. The van der Waals surface area contributed by atoms with Gasteiger partial charge in [-0.25, -0.2) is 8.78 Å². The zero-order chi connectivity index (χ0) is 14.5. The molecular formula is C11H18F4N2O2. The third kappa shape index (κ3) is 4.94. The van der Waals surface area contributed by atoms with Crippen molar-refractivity contribution in [3.05, 3.63) is 0 Å². The van der Waals surface area contributed by atoms with E-state index in [1.165, 1.54) is 4.90 Å². The van der Waals surface area contributed by atoms with Gasteiger partial charge in [0.1, 0.15) is 13.2 Å². The minimum Gasteiger partial charge on any atom is -0.365 e. The van der Waals surface area contributed by atoms with Crippen molar-refractivity contribution in [2.45, 2.75) is 31.7 Å². The molecule has 8 heteroatoms. The van der Waals surface area contributed by atoms with Crippen LogP contribution in [-0.2, 0) is 9.53 Å². The van der Waals surface area contributed by atoms with Crippen LogP contribution >= 0.6 is 0 Å². The molecule has 1 aliphatic rings. The van der Waals surface area contributed by atoms with E-state index in [4.69, 9.17) is 0 Å². The number of alkyl halides is 4. The van der Waals surface area contributed by atoms with Crippen LogP contribution in [0.3, 0.4) is 0 Å². The van der Waals surface area contributed by atoms with Crippen LogP contribution in [-0.4, -0.2) is 62.0 Å². The zero-order valence-electron chi connectivity index (χ0n) is 10.7. The van der Waals surface area contributed by atoms with Gasteiger partial charge in [-0.15, -0.1) is 0 Å². The van der Waals surface area contributed by atoms with E-state index in [9.17, 15) is 22.4 Å². The number of nitrogens with zero attached hydrogens (tertiary/aromatic N) is 1. The first-order valence-electron chi connectivity index (χ1n) is 6.11. The molecule has 0 aliphatic carbocycles. The molecule has 0 aromatic rings. The molecule has 0 spiro atoms. The summed E-state index contributed by atoms with van der Waals surface area (Å²) in [7, 11) is 0. The van der Waals surface area contributed by atoms with Gasteiger partial charge >= 0.3 is 12.3 Å². The maximum Gasteiger partial charge on any atom is 0.330 e. The summed E-state index contributed by atoms with van der Waals surface area (Å²) in [6, 6.07) is 0.167. The first kappa shape index (κ1) is 16.2. The van der Waals surface area contributed by atoms with E-state index in [0.29, 0.717) is 19.6 Å². The molecule has 1 rings (SSSR count). The molecule has 1 N–H and O–H groups in total. The summed E-state index contributed by atoms with van der Waals surface area (Å²) in [5.41, 5.74) is 0. The fourth-order valence-electron chi connectivity index (χ4n) is 1.75. The fourth-order valence-corrected chi connectivity index (χ4v) is 1.75. The highest BCUT2D eigenvalue weighted by atomic mass is 19.3. The zero-order valence-corrected chi connectivity index (χ0v) is 10.7. The van der Waals surface area contributed by atoms with Gasteiger partial charge in [-0.05, 0) is 6.42 Å². The quantitative estimate of drug-likeness (QED) is 0.744. The highest BCUT2D eigenvalue weighted by molar-refractivity contribution is 5.77. The summed E-state index contributed by atoms with van der Waals surface area (Å²) in [5.74, 6) is -4.67. The molecule has 1 heterocycles. The van der Waals surface area contributed by atoms with Crippen molar-refractivity contribution < 1.29 is 27.1 Å². The van der Waals surface area contributed by atoms with Gasteiger partial charge in [-0.3, -0.25) is 4.79 Å². The lowest BCUT2D eigenvalue weighted by atomic mass is 10.1. The average molecular weight is 286 g/mol. The van der Waals surface area contributed by atoms with Gasteiger partial charge in [0.2, 0.25) is 5.91 Å². The van der Waals surface area contributed by atoms with Gasteiger partial charge in [0.15, 0.2) is 0 Å². The lowest BCUT2D eigenvalue weighted by Gasteiger charge is -2.33. The normalized spacial score (nSPS) is 20.9. The summed E-state index contributed by atoms with van der Waals surface area (Å²) in [6.07, 6.45) is -2.94. The molecular weight excluding hydrogens is 268 g/mol.